The number of carbonyl (C=O) groups is 1. The number of carbonyl (C=O) groups excluding carboxylic acids is 1. The molecule has 0 saturated carbocycles. The largest absolute Gasteiger partial charge is 0.349 e. The summed E-state index contributed by atoms with van der Waals surface area (Å²) in [5.41, 5.74) is 1.23. The SMILES string of the molecule is CC(C)c1ccc(N(F)C(=O)Cl)cc1. The van der Waals surface area contributed by atoms with Crippen LogP contribution in [0.4, 0.5) is 15.0 Å². The predicted molar refractivity (Wildman–Crippen MR) is 55.4 cm³/mol. The molecule has 76 valence electrons. The van der Waals surface area contributed by atoms with Gasteiger partial charge in [0.05, 0.1) is 5.69 Å². The van der Waals surface area contributed by atoms with E-state index in [4.69, 9.17) is 11.6 Å². The van der Waals surface area contributed by atoms with Crippen molar-refractivity contribution in [2.45, 2.75) is 19.8 Å². The van der Waals surface area contributed by atoms with Crippen molar-refractivity contribution < 1.29 is 9.28 Å². The molecule has 4 heteroatoms. The maximum atomic E-state index is 12.9. The molecule has 0 unspecified atom stereocenters. The molecule has 0 bridgehead atoms. The summed E-state index contributed by atoms with van der Waals surface area (Å²) in [5, 5.41) is -1.23. The molecule has 0 spiro atoms. The van der Waals surface area contributed by atoms with E-state index in [-0.39, 0.29) is 10.8 Å². The predicted octanol–water partition coefficient (Wildman–Crippen LogP) is 3.86. The van der Waals surface area contributed by atoms with Gasteiger partial charge in [-0.2, -0.15) is 0 Å². The van der Waals surface area contributed by atoms with Crippen LogP contribution in [0.15, 0.2) is 24.3 Å². The van der Waals surface area contributed by atoms with Crippen LogP contribution >= 0.6 is 11.6 Å². The van der Waals surface area contributed by atoms with Gasteiger partial charge in [-0.25, -0.2) is 0 Å². The summed E-state index contributed by atoms with van der Waals surface area (Å²) >= 11 is 4.98. The van der Waals surface area contributed by atoms with Gasteiger partial charge in [0, 0.05) is 0 Å². The number of halogens is 2. The summed E-state index contributed by atoms with van der Waals surface area (Å²) in [6.07, 6.45) is 0. The van der Waals surface area contributed by atoms with Gasteiger partial charge in [-0.1, -0.05) is 30.5 Å². The van der Waals surface area contributed by atoms with E-state index in [0.29, 0.717) is 5.92 Å². The van der Waals surface area contributed by atoms with Crippen LogP contribution in [0, 0.1) is 0 Å². The number of anilines is 1. The van der Waals surface area contributed by atoms with Crippen LogP contribution < -0.4 is 5.12 Å². The minimum absolute atomic E-state index is 0.0916. The van der Waals surface area contributed by atoms with Crippen molar-refractivity contribution in [1.29, 1.82) is 0 Å². The molecule has 2 nitrogen and oxygen atoms in total. The van der Waals surface area contributed by atoms with Crippen molar-refractivity contribution in [1.82, 2.24) is 0 Å². The topological polar surface area (TPSA) is 20.3 Å². The molecule has 1 aromatic rings. The van der Waals surface area contributed by atoms with Crippen LogP contribution in [-0.2, 0) is 0 Å². The highest BCUT2D eigenvalue weighted by Gasteiger charge is 2.11. The van der Waals surface area contributed by atoms with Gasteiger partial charge >= 0.3 is 5.37 Å². The molecule has 0 aromatic heterocycles. The zero-order valence-corrected chi connectivity index (χ0v) is 8.75. The fourth-order valence-corrected chi connectivity index (χ4v) is 1.19. The molecule has 14 heavy (non-hydrogen) atoms. The highest BCUT2D eigenvalue weighted by atomic mass is 35.5. The first-order valence-corrected chi connectivity index (χ1v) is 4.65. The summed E-state index contributed by atoms with van der Waals surface area (Å²) in [4.78, 5) is 10.5. The van der Waals surface area contributed by atoms with Gasteiger partial charge in [0.15, 0.2) is 0 Å². The molecule has 0 saturated heterocycles. The summed E-state index contributed by atoms with van der Waals surface area (Å²) < 4.78 is 12.9. The second-order valence-electron chi connectivity index (χ2n) is 3.28. The number of rotatable bonds is 2. The number of nitrogens with zero attached hydrogens (tertiary/aromatic N) is 1. The quantitative estimate of drug-likeness (QED) is 0.417. The van der Waals surface area contributed by atoms with E-state index in [1.165, 1.54) is 12.1 Å². The Labute approximate surface area is 87.2 Å². The molecule has 0 radical (unpaired) electrons. The number of benzene rings is 1. The second kappa shape index (κ2) is 4.42. The Balaban J connectivity index is 2.88. The Hall–Kier alpha value is -1.09. The van der Waals surface area contributed by atoms with E-state index < -0.39 is 5.37 Å². The maximum Gasteiger partial charge on any atom is 0.349 e. The first kappa shape index (κ1) is 11.0. The Kier molecular flexibility index (Phi) is 3.47. The zero-order valence-electron chi connectivity index (χ0n) is 8.00. The minimum Gasteiger partial charge on any atom is -0.252 e. The molecular weight excluding hydrogens is 205 g/mol. The van der Waals surface area contributed by atoms with Crippen LogP contribution in [0.25, 0.3) is 0 Å². The standard InChI is InChI=1S/C10H11ClFNO/c1-7(2)8-3-5-9(6-4-8)13(12)10(11)14/h3-7H,1-2H3. The van der Waals surface area contributed by atoms with Gasteiger partial charge in [0.2, 0.25) is 0 Å². The maximum absolute atomic E-state index is 12.9. The molecular formula is C10H11ClFNO. The van der Waals surface area contributed by atoms with Gasteiger partial charge < -0.3 is 0 Å². The average molecular weight is 216 g/mol. The lowest BCUT2D eigenvalue weighted by molar-refractivity contribution is 0.253. The van der Waals surface area contributed by atoms with E-state index in [2.05, 4.69) is 0 Å². The molecule has 1 amide bonds. The number of hydrogen-bond acceptors (Lipinski definition) is 1. The van der Waals surface area contributed by atoms with E-state index >= 15 is 0 Å². The molecule has 0 N–H and O–H groups in total. The fraction of sp³-hybridized carbons (Fsp3) is 0.300. The summed E-state index contributed by atoms with van der Waals surface area (Å²) in [6.45, 7) is 4.07. The van der Waals surface area contributed by atoms with Crippen LogP contribution in [0.2, 0.25) is 0 Å². The van der Waals surface area contributed by atoms with Gasteiger partial charge in [0.25, 0.3) is 0 Å². The number of hydrogen-bond donors (Lipinski definition) is 0. The normalized spacial score (nSPS) is 10.4. The molecule has 0 atom stereocenters. The van der Waals surface area contributed by atoms with Crippen molar-refractivity contribution in [3.8, 4) is 0 Å². The molecule has 0 heterocycles. The Morgan fingerprint density at radius 3 is 2.21 bits per heavy atom. The molecule has 1 aromatic carbocycles. The third kappa shape index (κ3) is 2.45. The lowest BCUT2D eigenvalue weighted by Gasteiger charge is -2.09. The lowest BCUT2D eigenvalue weighted by Crippen LogP contribution is -2.13. The van der Waals surface area contributed by atoms with Gasteiger partial charge in [0.1, 0.15) is 0 Å². The summed E-state index contributed by atoms with van der Waals surface area (Å²) in [6, 6.07) is 6.59. The molecule has 0 aliphatic heterocycles. The Bertz CT molecular complexity index is 323. The third-order valence-electron chi connectivity index (χ3n) is 1.94. The molecule has 0 aliphatic rings. The summed E-state index contributed by atoms with van der Waals surface area (Å²) in [7, 11) is 0. The smallest absolute Gasteiger partial charge is 0.252 e. The lowest BCUT2D eigenvalue weighted by atomic mass is 10.0. The Morgan fingerprint density at radius 2 is 1.86 bits per heavy atom. The van der Waals surface area contributed by atoms with Gasteiger partial charge in [-0.15, -0.1) is 5.12 Å². The second-order valence-corrected chi connectivity index (χ2v) is 3.60. The average Bonchev–Trinajstić information content (AvgIpc) is 2.16. The highest BCUT2D eigenvalue weighted by Crippen LogP contribution is 2.21. The van der Waals surface area contributed by atoms with Gasteiger partial charge in [-0.3, -0.25) is 4.79 Å². The van der Waals surface area contributed by atoms with Crippen LogP contribution in [0.3, 0.4) is 0 Å². The van der Waals surface area contributed by atoms with Crippen molar-refractivity contribution in [3.63, 3.8) is 0 Å². The van der Waals surface area contributed by atoms with Crippen molar-refractivity contribution >= 4 is 22.7 Å². The molecule has 0 fully saturated rings. The highest BCUT2D eigenvalue weighted by molar-refractivity contribution is 6.65. The van der Waals surface area contributed by atoms with Crippen LogP contribution in [-0.4, -0.2) is 5.37 Å². The first-order chi connectivity index (χ1) is 6.52. The van der Waals surface area contributed by atoms with E-state index in [9.17, 15) is 9.28 Å². The van der Waals surface area contributed by atoms with Crippen LogP contribution in [0.1, 0.15) is 25.3 Å². The monoisotopic (exact) mass is 215 g/mol. The first-order valence-electron chi connectivity index (χ1n) is 4.27. The molecule has 0 aliphatic carbocycles. The molecule has 1 rings (SSSR count). The number of amides is 1. The van der Waals surface area contributed by atoms with E-state index in [1.807, 2.05) is 13.8 Å². The van der Waals surface area contributed by atoms with Crippen molar-refractivity contribution in [3.05, 3.63) is 29.8 Å². The Morgan fingerprint density at radius 1 is 1.36 bits per heavy atom. The summed E-state index contributed by atoms with van der Waals surface area (Å²) in [5.74, 6) is 0.379. The fourth-order valence-electron chi connectivity index (χ4n) is 1.09. The third-order valence-corrected chi connectivity index (χ3v) is 2.09. The van der Waals surface area contributed by atoms with Crippen LogP contribution in [0.5, 0.6) is 0 Å². The van der Waals surface area contributed by atoms with Crippen molar-refractivity contribution in [2.24, 2.45) is 0 Å². The van der Waals surface area contributed by atoms with Crippen molar-refractivity contribution in [2.75, 3.05) is 5.12 Å². The zero-order chi connectivity index (χ0) is 10.7. The minimum atomic E-state index is -1.14. The van der Waals surface area contributed by atoms with E-state index in [0.717, 1.165) is 5.56 Å². The van der Waals surface area contributed by atoms with Gasteiger partial charge in [-0.05, 0) is 35.2 Å². The van der Waals surface area contributed by atoms with E-state index in [1.54, 1.807) is 12.1 Å².